The van der Waals surface area contributed by atoms with Gasteiger partial charge in [-0.2, -0.15) is 8.42 Å². The molecule has 0 saturated heterocycles. The van der Waals surface area contributed by atoms with Crippen LogP contribution >= 0.6 is 0 Å². The van der Waals surface area contributed by atoms with Crippen LogP contribution in [-0.4, -0.2) is 72.6 Å². The fourth-order valence-electron chi connectivity index (χ4n) is 0.703. The van der Waals surface area contributed by atoms with E-state index in [1.54, 1.807) is 0 Å². The zero-order chi connectivity index (χ0) is 22.3. The number of aliphatic hydroxyl groups is 1. The number of rotatable bonds is 5. The second kappa shape index (κ2) is 20.6. The zero-order valence-corrected chi connectivity index (χ0v) is 19.4. The first kappa shape index (κ1) is 41.3. The van der Waals surface area contributed by atoms with Crippen molar-refractivity contribution in [2.24, 2.45) is 0 Å². The summed E-state index contributed by atoms with van der Waals surface area (Å²) in [5.41, 5.74) is -2.80. The molecule has 0 saturated carbocycles. The van der Waals surface area contributed by atoms with Gasteiger partial charge in [0.05, 0.1) is 6.42 Å². The van der Waals surface area contributed by atoms with E-state index in [0.717, 1.165) is 6.92 Å². The predicted octanol–water partition coefficient (Wildman–Crippen LogP) is -10.8. The first-order valence-electron chi connectivity index (χ1n) is 5.32. The summed E-state index contributed by atoms with van der Waals surface area (Å²) < 4.78 is 31.6. The Balaban J connectivity index is -0.0000000673. The third kappa shape index (κ3) is 64.1. The van der Waals surface area contributed by atoms with Crippen LogP contribution in [0.3, 0.4) is 0 Å². The maximum Gasteiger partial charge on any atom is 1.00 e. The predicted molar refractivity (Wildman–Crippen MR) is 68.1 cm³/mol. The summed E-state index contributed by atoms with van der Waals surface area (Å²) in [6.45, 7) is 0.972. The Bertz CT molecular complexity index is 560. The van der Waals surface area contributed by atoms with Gasteiger partial charge in [0, 0.05) is 18.4 Å². The smallest absolute Gasteiger partial charge is 0.550 e. The largest absolute Gasteiger partial charge is 1.00 e. The molecule has 0 aliphatic heterocycles. The Hall–Kier alpha value is -1.09. The van der Waals surface area contributed by atoms with E-state index < -0.39 is 57.8 Å². The van der Waals surface area contributed by atoms with E-state index in [0.29, 0.717) is 0 Å². The number of carbonyl (C=O) groups excluding carboxylic acids is 2. The number of carboxylic acid groups (broad SMARTS) is 4. The molecule has 0 amide bonds. The maximum atomic E-state index is 10.3. The molecule has 0 spiro atoms. The van der Waals surface area contributed by atoms with Gasteiger partial charge < -0.3 is 40.3 Å². The molecule has 0 aromatic rings. The van der Waals surface area contributed by atoms with Crippen molar-refractivity contribution < 1.29 is 132 Å². The van der Waals surface area contributed by atoms with Crippen LogP contribution in [0.1, 0.15) is 19.8 Å². The van der Waals surface area contributed by atoms with Crippen molar-refractivity contribution in [1.82, 2.24) is 0 Å². The molecule has 0 aliphatic rings. The van der Waals surface area contributed by atoms with Gasteiger partial charge in [-0.1, -0.05) is 0 Å². The Morgan fingerprint density at radius 1 is 1.00 bits per heavy atom. The van der Waals surface area contributed by atoms with Crippen molar-refractivity contribution in [2.45, 2.75) is 25.4 Å². The monoisotopic (exact) mass is 457 g/mol. The zero-order valence-electron chi connectivity index (χ0n) is 14.5. The minimum absolute atomic E-state index is 0. The Morgan fingerprint density at radius 3 is 1.32 bits per heavy atom. The van der Waals surface area contributed by atoms with Crippen LogP contribution in [0.15, 0.2) is 0 Å². The van der Waals surface area contributed by atoms with E-state index in [1.807, 2.05) is 0 Å². The summed E-state index contributed by atoms with van der Waals surface area (Å²) in [5.74, 6) is -6.42. The Kier molecular flexibility index (Phi) is 30.5. The normalized spacial score (nSPS) is 10.6. The van der Waals surface area contributed by atoms with E-state index in [9.17, 15) is 19.5 Å². The fraction of sp³-hybridized carbons (Fsp3) is 0.500. The molecule has 0 bridgehead atoms. The number of nitrogens with zero attached hydrogens (tertiary/aromatic N) is 1. The molecule has 0 aromatic carbocycles. The summed E-state index contributed by atoms with van der Waals surface area (Å²) in [6, 6.07) is 0. The van der Waals surface area contributed by atoms with Gasteiger partial charge >= 0.3 is 81.5 Å². The van der Waals surface area contributed by atoms with Crippen molar-refractivity contribution in [2.75, 3.05) is 0 Å². The standard InChI is InChI=1S/C6H8O7.C2H4O2.HNO3.2Na.H2O4S/c7-3(8)1-6(13,5(11)12)2-4(9)10;1-2(3)4;2-1(3)4;;;1-5(2,3)4/h13H,1-2H2,(H,7,8)(H,9,10)(H,11,12);1H3,(H,3,4);(H,2,3,4);;;(H2,1,2,3,4)/q;;;2*+1;/p-2. The number of aliphatic carboxylic acids is 4. The van der Waals surface area contributed by atoms with Crippen molar-refractivity contribution in [3.63, 3.8) is 0 Å². The van der Waals surface area contributed by atoms with Gasteiger partial charge in [-0.3, -0.25) is 13.9 Å². The molecule has 17 nitrogen and oxygen atoms in total. The average molecular weight is 457 g/mol. The van der Waals surface area contributed by atoms with E-state index in [4.69, 9.17) is 58.1 Å². The molecular formula is C8H13NNa2O16S. The van der Waals surface area contributed by atoms with Gasteiger partial charge in [0.2, 0.25) is 0 Å². The molecule has 0 aliphatic carbocycles. The number of carbonyl (C=O) groups is 4. The van der Waals surface area contributed by atoms with Crippen LogP contribution in [-0.2, 0) is 29.6 Å². The maximum absolute atomic E-state index is 10.3. The van der Waals surface area contributed by atoms with Crippen molar-refractivity contribution >= 4 is 34.3 Å². The quantitative estimate of drug-likeness (QED) is 0.0965. The third-order valence-electron chi connectivity index (χ3n) is 1.28. The molecule has 0 rings (SSSR count). The summed E-state index contributed by atoms with van der Waals surface area (Å²) in [6.07, 6.45) is -2.44. The average Bonchev–Trinajstić information content (AvgIpc) is 2.21. The van der Waals surface area contributed by atoms with Gasteiger partial charge in [-0.05, 0) is 6.92 Å². The van der Waals surface area contributed by atoms with Gasteiger partial charge in [0.25, 0.3) is 5.09 Å². The Labute approximate surface area is 200 Å². The van der Waals surface area contributed by atoms with E-state index >= 15 is 0 Å². The number of carboxylic acids is 4. The number of hydrogen-bond acceptors (Lipinski definition) is 11. The van der Waals surface area contributed by atoms with Crippen LogP contribution in [0.2, 0.25) is 0 Å². The van der Waals surface area contributed by atoms with E-state index in [1.165, 1.54) is 0 Å². The molecule has 20 heteroatoms. The second-order valence-corrected chi connectivity index (χ2v) is 4.53. The van der Waals surface area contributed by atoms with E-state index in [-0.39, 0.29) is 59.1 Å². The number of hydrogen-bond donors (Lipinski definition) is 6. The van der Waals surface area contributed by atoms with Gasteiger partial charge in [0.1, 0.15) is 0 Å². The van der Waals surface area contributed by atoms with Crippen molar-refractivity contribution in [1.29, 1.82) is 0 Å². The SMILES string of the molecule is CC(=O)[O-].O=C([O-])CC(O)(CC(=O)O)C(=O)O.O=S(=O)(O)O.O=[N+]([O-])O.[Na+].[Na+]. The summed E-state index contributed by atoms with van der Waals surface area (Å²) >= 11 is 0. The van der Waals surface area contributed by atoms with Crippen LogP contribution in [0, 0.1) is 10.1 Å². The fourth-order valence-corrected chi connectivity index (χ4v) is 0.703. The third-order valence-corrected chi connectivity index (χ3v) is 1.28. The molecule has 0 heterocycles. The van der Waals surface area contributed by atoms with Crippen LogP contribution in [0.4, 0.5) is 0 Å². The topological polar surface area (TPSA) is 313 Å². The van der Waals surface area contributed by atoms with Gasteiger partial charge in [-0.25, -0.2) is 4.79 Å². The second-order valence-electron chi connectivity index (χ2n) is 3.63. The molecule has 0 aromatic heterocycles. The van der Waals surface area contributed by atoms with Gasteiger partial charge in [0.15, 0.2) is 5.60 Å². The first-order chi connectivity index (χ1) is 11.2. The molecular weight excluding hydrogens is 444 g/mol. The molecule has 1 unspecified atom stereocenters. The molecule has 1 atom stereocenters. The summed E-state index contributed by atoms with van der Waals surface area (Å²) in [5, 5.41) is 58.0. The minimum Gasteiger partial charge on any atom is -0.550 e. The molecule has 0 fully saturated rings. The van der Waals surface area contributed by atoms with Crippen molar-refractivity contribution in [3.05, 3.63) is 10.1 Å². The minimum atomic E-state index is -4.67. The Morgan fingerprint density at radius 2 is 1.21 bits per heavy atom. The summed E-state index contributed by atoms with van der Waals surface area (Å²) in [4.78, 5) is 47.6. The molecule has 28 heavy (non-hydrogen) atoms. The van der Waals surface area contributed by atoms with Crippen LogP contribution < -0.4 is 69.3 Å². The van der Waals surface area contributed by atoms with Gasteiger partial charge in [-0.15, -0.1) is 10.1 Å². The molecule has 154 valence electrons. The van der Waals surface area contributed by atoms with Crippen LogP contribution in [0.5, 0.6) is 0 Å². The molecule has 6 N–H and O–H groups in total. The van der Waals surface area contributed by atoms with E-state index in [2.05, 4.69) is 0 Å². The molecule has 0 radical (unpaired) electrons. The van der Waals surface area contributed by atoms with Crippen LogP contribution in [0.25, 0.3) is 0 Å². The van der Waals surface area contributed by atoms with Crippen molar-refractivity contribution in [3.8, 4) is 0 Å². The summed E-state index contributed by atoms with van der Waals surface area (Å²) in [7, 11) is -4.67. The first-order valence-corrected chi connectivity index (χ1v) is 6.72.